The molecule has 0 spiro atoms. The van der Waals surface area contributed by atoms with Crippen LogP contribution < -0.4 is 15.8 Å². The second-order valence-corrected chi connectivity index (χ2v) is 9.81. The van der Waals surface area contributed by atoms with Crippen molar-refractivity contribution in [3.8, 4) is 0 Å². The summed E-state index contributed by atoms with van der Waals surface area (Å²) in [4.78, 5) is 30.5. The van der Waals surface area contributed by atoms with E-state index in [1.165, 1.54) is 17.4 Å². The molecule has 1 saturated carbocycles. The predicted octanol–water partition coefficient (Wildman–Crippen LogP) is 4.22. The summed E-state index contributed by atoms with van der Waals surface area (Å²) in [7, 11) is 4.30. The number of fused-ring (bicyclic) bond motifs is 1. The highest BCUT2D eigenvalue weighted by Crippen LogP contribution is 2.34. The maximum atomic E-state index is 13.2. The van der Waals surface area contributed by atoms with Gasteiger partial charge >= 0.3 is 0 Å². The number of nitrogens with one attached hydrogen (secondary N) is 2. The Hall–Kier alpha value is -2.77. The summed E-state index contributed by atoms with van der Waals surface area (Å²) >= 11 is 6.50. The molecule has 2 heterocycles. The summed E-state index contributed by atoms with van der Waals surface area (Å²) < 4.78 is 1.47. The van der Waals surface area contributed by atoms with Crippen LogP contribution in [0.15, 0.2) is 41.3 Å². The number of rotatable bonds is 7. The summed E-state index contributed by atoms with van der Waals surface area (Å²) in [6.45, 7) is 5.14. The van der Waals surface area contributed by atoms with Crippen LogP contribution >= 0.6 is 11.6 Å². The first-order chi connectivity index (χ1) is 16.3. The third-order valence-electron chi connectivity index (χ3n) is 7.17. The number of hydrogen-bond acceptors (Lipinski definition) is 4. The van der Waals surface area contributed by atoms with Crippen molar-refractivity contribution in [2.45, 2.75) is 58.2 Å². The molecule has 7 nitrogen and oxygen atoms in total. The minimum Gasteiger partial charge on any atom is -0.369 e. The topological polar surface area (TPSA) is 72.9 Å². The minimum absolute atomic E-state index is 0.146. The fourth-order valence-corrected chi connectivity index (χ4v) is 5.38. The Labute approximate surface area is 205 Å². The molecule has 3 aromatic rings. The third kappa shape index (κ3) is 4.86. The van der Waals surface area contributed by atoms with Crippen LogP contribution in [0.25, 0.3) is 5.52 Å². The number of pyridine rings is 1. The molecule has 1 aromatic carbocycles. The molecule has 8 heteroatoms. The van der Waals surface area contributed by atoms with Crippen molar-refractivity contribution in [3.63, 3.8) is 0 Å². The lowest BCUT2D eigenvalue weighted by molar-refractivity contribution is 0.0950. The van der Waals surface area contributed by atoms with Crippen LogP contribution in [0.1, 0.15) is 54.1 Å². The number of amides is 1. The molecule has 1 aliphatic carbocycles. The van der Waals surface area contributed by atoms with E-state index in [4.69, 9.17) is 11.6 Å². The first kappa shape index (κ1) is 24.4. The highest BCUT2D eigenvalue weighted by molar-refractivity contribution is 6.31. The Bertz CT molecular complexity index is 1220. The highest BCUT2D eigenvalue weighted by Gasteiger charge is 2.28. The van der Waals surface area contributed by atoms with Gasteiger partial charge in [-0.25, -0.2) is 4.52 Å². The number of benzene rings is 1. The van der Waals surface area contributed by atoms with Gasteiger partial charge in [-0.3, -0.25) is 14.7 Å². The zero-order valence-electron chi connectivity index (χ0n) is 20.4. The van der Waals surface area contributed by atoms with E-state index in [1.807, 2.05) is 25.1 Å². The number of carbonyl (C=O) groups is 1. The first-order valence-electron chi connectivity index (χ1n) is 12.0. The third-order valence-corrected chi connectivity index (χ3v) is 7.38. The SMILES string of the molecule is CCN(c1cc(Cl)cc(C(=O)NCc2ccc3cc[nH]n3c2=O)c1C)[C@H]1CC[C@H](N(C)C)CC1. The molecule has 0 aliphatic heterocycles. The smallest absolute Gasteiger partial charge is 0.274 e. The van der Waals surface area contributed by atoms with Gasteiger partial charge < -0.3 is 15.1 Å². The maximum absolute atomic E-state index is 13.2. The van der Waals surface area contributed by atoms with Crippen LogP contribution in [0.4, 0.5) is 5.69 Å². The lowest BCUT2D eigenvalue weighted by Crippen LogP contribution is -2.42. The molecule has 1 fully saturated rings. The number of aromatic amines is 1. The van der Waals surface area contributed by atoms with Crippen molar-refractivity contribution in [2.75, 3.05) is 25.5 Å². The summed E-state index contributed by atoms with van der Waals surface area (Å²) in [5.41, 5.74) is 3.60. The molecule has 1 aliphatic rings. The van der Waals surface area contributed by atoms with Gasteiger partial charge in [-0.1, -0.05) is 11.6 Å². The Morgan fingerprint density at radius 2 is 1.85 bits per heavy atom. The van der Waals surface area contributed by atoms with E-state index in [-0.39, 0.29) is 18.0 Å². The quantitative estimate of drug-likeness (QED) is 0.527. The van der Waals surface area contributed by atoms with Gasteiger partial charge in [0, 0.05) is 53.2 Å². The number of H-pyrrole nitrogens is 1. The van der Waals surface area contributed by atoms with Gasteiger partial charge in [-0.15, -0.1) is 0 Å². The summed E-state index contributed by atoms with van der Waals surface area (Å²) in [5, 5.41) is 6.35. The number of aromatic nitrogens is 2. The summed E-state index contributed by atoms with van der Waals surface area (Å²) in [5.74, 6) is -0.232. The normalized spacial score (nSPS) is 18.4. The van der Waals surface area contributed by atoms with Crippen molar-refractivity contribution in [1.82, 2.24) is 19.8 Å². The molecule has 0 atom stereocenters. The van der Waals surface area contributed by atoms with Crippen LogP contribution in [0, 0.1) is 6.92 Å². The number of anilines is 1. The van der Waals surface area contributed by atoms with Crippen LogP contribution in [0.5, 0.6) is 0 Å². The zero-order chi connectivity index (χ0) is 24.4. The van der Waals surface area contributed by atoms with Gasteiger partial charge in [0.2, 0.25) is 0 Å². The number of hydrogen-bond donors (Lipinski definition) is 2. The molecule has 34 heavy (non-hydrogen) atoms. The molecule has 0 saturated heterocycles. The van der Waals surface area contributed by atoms with Gasteiger partial charge in [0.15, 0.2) is 0 Å². The van der Waals surface area contributed by atoms with Gasteiger partial charge in [0.05, 0.1) is 5.52 Å². The average Bonchev–Trinajstić information content (AvgIpc) is 3.31. The Kier molecular flexibility index (Phi) is 7.33. The van der Waals surface area contributed by atoms with Crippen LogP contribution in [0.2, 0.25) is 5.02 Å². The fraction of sp³-hybridized carbons (Fsp3) is 0.462. The second kappa shape index (κ2) is 10.2. The van der Waals surface area contributed by atoms with Crippen molar-refractivity contribution in [1.29, 1.82) is 0 Å². The number of halogens is 1. The van der Waals surface area contributed by atoms with Gasteiger partial charge in [-0.05, 0) is 89.5 Å². The van der Waals surface area contributed by atoms with Crippen molar-refractivity contribution in [3.05, 3.63) is 68.6 Å². The molecule has 4 rings (SSSR count). The van der Waals surface area contributed by atoms with Crippen LogP contribution in [-0.4, -0.2) is 53.1 Å². The molecule has 0 radical (unpaired) electrons. The van der Waals surface area contributed by atoms with Crippen molar-refractivity contribution >= 4 is 28.7 Å². The number of nitrogens with zero attached hydrogens (tertiary/aromatic N) is 3. The molecule has 0 unspecified atom stereocenters. The van der Waals surface area contributed by atoms with Crippen molar-refractivity contribution < 1.29 is 4.79 Å². The monoisotopic (exact) mass is 483 g/mol. The molecular formula is C26H34ClN5O2. The van der Waals surface area contributed by atoms with E-state index in [0.29, 0.717) is 28.2 Å². The van der Waals surface area contributed by atoms with Gasteiger partial charge in [0.1, 0.15) is 0 Å². The van der Waals surface area contributed by atoms with Gasteiger partial charge in [-0.2, -0.15) is 0 Å². The molecule has 2 aromatic heterocycles. The van der Waals surface area contributed by atoms with E-state index < -0.39 is 0 Å². The molecule has 2 N–H and O–H groups in total. The Morgan fingerprint density at radius 1 is 1.15 bits per heavy atom. The Balaban J connectivity index is 1.53. The average molecular weight is 484 g/mol. The zero-order valence-corrected chi connectivity index (χ0v) is 21.2. The minimum atomic E-state index is -0.232. The second-order valence-electron chi connectivity index (χ2n) is 9.38. The van der Waals surface area contributed by atoms with Gasteiger partial charge in [0.25, 0.3) is 11.5 Å². The molecule has 1 amide bonds. The lowest BCUT2D eigenvalue weighted by Gasteiger charge is -2.40. The van der Waals surface area contributed by atoms with Crippen LogP contribution in [-0.2, 0) is 6.54 Å². The maximum Gasteiger partial charge on any atom is 0.274 e. The Morgan fingerprint density at radius 3 is 2.53 bits per heavy atom. The van der Waals surface area contributed by atoms with E-state index in [2.05, 4.69) is 41.2 Å². The van der Waals surface area contributed by atoms with E-state index in [9.17, 15) is 9.59 Å². The van der Waals surface area contributed by atoms with E-state index >= 15 is 0 Å². The predicted molar refractivity (Wildman–Crippen MR) is 138 cm³/mol. The summed E-state index contributed by atoms with van der Waals surface area (Å²) in [6.07, 6.45) is 6.29. The molecule has 0 bridgehead atoms. The van der Waals surface area contributed by atoms with E-state index in [1.54, 1.807) is 18.3 Å². The first-order valence-corrected chi connectivity index (χ1v) is 12.4. The fourth-order valence-electron chi connectivity index (χ4n) is 5.17. The molecule has 182 valence electrons. The summed E-state index contributed by atoms with van der Waals surface area (Å²) in [6, 6.07) is 10.2. The number of carbonyl (C=O) groups excluding carboxylic acids is 1. The standard InChI is InChI=1S/C26H34ClN5O2/c1-5-31(21-10-8-20(9-11-21)30(3)4)24-15-19(27)14-23(17(24)2)25(33)28-16-18-6-7-22-12-13-29-32(22)26(18)34/h6-7,12-15,20-21,29H,5,8-11,16H2,1-4H3,(H,28,33)/t20-,21-. The highest BCUT2D eigenvalue weighted by atomic mass is 35.5. The lowest BCUT2D eigenvalue weighted by atomic mass is 9.89. The largest absolute Gasteiger partial charge is 0.369 e. The van der Waals surface area contributed by atoms with Crippen molar-refractivity contribution in [2.24, 2.45) is 0 Å². The molecular weight excluding hydrogens is 450 g/mol. The van der Waals surface area contributed by atoms with Crippen LogP contribution in [0.3, 0.4) is 0 Å². The van der Waals surface area contributed by atoms with E-state index in [0.717, 1.165) is 36.2 Å².